The second-order valence-corrected chi connectivity index (χ2v) is 6.08. The molecule has 2 unspecified atom stereocenters. The number of rotatable bonds is 6. The Morgan fingerprint density at radius 3 is 2.71 bits per heavy atom. The van der Waals surface area contributed by atoms with E-state index < -0.39 is 17.7 Å². The third-order valence-corrected chi connectivity index (χ3v) is 4.33. The average Bonchev–Trinajstić information content (AvgIpc) is 2.44. The van der Waals surface area contributed by atoms with Gasteiger partial charge in [-0.1, -0.05) is 44.2 Å². The van der Waals surface area contributed by atoms with Crippen molar-refractivity contribution in [2.24, 2.45) is 11.8 Å². The lowest BCUT2D eigenvalue weighted by molar-refractivity contribution is -0.196. The first-order valence-electron chi connectivity index (χ1n) is 7.09. The van der Waals surface area contributed by atoms with Gasteiger partial charge in [0.2, 0.25) is 0 Å². The highest BCUT2D eigenvalue weighted by Gasteiger charge is 2.34. The molecule has 2 rings (SSSR count). The van der Waals surface area contributed by atoms with Crippen LogP contribution in [-0.4, -0.2) is 27.8 Å². The van der Waals surface area contributed by atoms with Gasteiger partial charge in [0.25, 0.3) is 0 Å². The van der Waals surface area contributed by atoms with Crippen molar-refractivity contribution in [2.75, 3.05) is 6.61 Å². The van der Waals surface area contributed by atoms with E-state index in [9.17, 15) is 8.76 Å². The molecule has 5 atom stereocenters. The molecule has 21 heavy (non-hydrogen) atoms. The molecule has 0 spiro atoms. The van der Waals surface area contributed by atoms with Gasteiger partial charge in [-0.3, -0.25) is 4.18 Å². The van der Waals surface area contributed by atoms with E-state index >= 15 is 0 Å². The fourth-order valence-corrected chi connectivity index (χ4v) is 2.77. The number of ether oxygens (including phenoxy) is 2. The summed E-state index contributed by atoms with van der Waals surface area (Å²) in [5, 5.41) is 0. The molecule has 1 fully saturated rings. The molecule has 6 heteroatoms. The molecule has 0 N–H and O–H groups in total. The van der Waals surface area contributed by atoms with Gasteiger partial charge in [0.05, 0.1) is 30.7 Å². The van der Waals surface area contributed by atoms with E-state index in [1.165, 1.54) is 0 Å². The largest absolute Gasteiger partial charge is 0.750 e. The molecular formula is C15H21O5S-. The molecular weight excluding hydrogens is 292 g/mol. The fourth-order valence-electron chi connectivity index (χ4n) is 2.47. The molecule has 0 saturated carbocycles. The Labute approximate surface area is 128 Å². The van der Waals surface area contributed by atoms with Gasteiger partial charge in [-0.15, -0.1) is 0 Å². The van der Waals surface area contributed by atoms with E-state index in [1.807, 2.05) is 30.3 Å². The van der Waals surface area contributed by atoms with Crippen LogP contribution in [-0.2, 0) is 31.6 Å². The van der Waals surface area contributed by atoms with Crippen LogP contribution in [0.25, 0.3) is 0 Å². The maximum Gasteiger partial charge on any atom is 0.172 e. The van der Waals surface area contributed by atoms with Crippen LogP contribution < -0.4 is 0 Å². The highest BCUT2D eigenvalue weighted by Crippen LogP contribution is 2.31. The Hall–Kier alpha value is -0.790. The van der Waals surface area contributed by atoms with E-state index in [2.05, 4.69) is 13.8 Å². The van der Waals surface area contributed by atoms with Crippen LogP contribution in [0.4, 0.5) is 0 Å². The van der Waals surface area contributed by atoms with Crippen LogP contribution >= 0.6 is 0 Å². The van der Waals surface area contributed by atoms with E-state index in [1.54, 1.807) is 0 Å². The Morgan fingerprint density at radius 2 is 2.05 bits per heavy atom. The first-order chi connectivity index (χ1) is 10.1. The number of hydrogen-bond acceptors (Lipinski definition) is 5. The summed E-state index contributed by atoms with van der Waals surface area (Å²) in [6, 6.07) is 9.89. The van der Waals surface area contributed by atoms with Crippen LogP contribution in [0.5, 0.6) is 0 Å². The van der Waals surface area contributed by atoms with Crippen LogP contribution in [0, 0.1) is 11.8 Å². The molecule has 1 aliphatic rings. The molecule has 1 aromatic carbocycles. The van der Waals surface area contributed by atoms with E-state index in [0.29, 0.717) is 31.5 Å². The first kappa shape index (κ1) is 16.6. The van der Waals surface area contributed by atoms with Gasteiger partial charge in [-0.25, -0.2) is 4.21 Å². The highest BCUT2D eigenvalue weighted by atomic mass is 32.2. The van der Waals surface area contributed by atoms with Gasteiger partial charge in [-0.2, -0.15) is 0 Å². The zero-order chi connectivity index (χ0) is 15.2. The van der Waals surface area contributed by atoms with Crippen molar-refractivity contribution >= 4 is 11.4 Å². The molecule has 1 aliphatic heterocycles. The smallest absolute Gasteiger partial charge is 0.172 e. The van der Waals surface area contributed by atoms with Gasteiger partial charge >= 0.3 is 0 Å². The highest BCUT2D eigenvalue weighted by molar-refractivity contribution is 7.74. The fraction of sp³-hybridized carbons (Fsp3) is 0.600. The van der Waals surface area contributed by atoms with Crippen LogP contribution in [0.3, 0.4) is 0 Å². The lowest BCUT2D eigenvalue weighted by atomic mass is 9.86. The molecule has 0 bridgehead atoms. The topological polar surface area (TPSA) is 67.8 Å². The molecule has 1 heterocycles. The summed E-state index contributed by atoms with van der Waals surface area (Å²) >= 11 is -2.56. The summed E-state index contributed by atoms with van der Waals surface area (Å²) in [5.74, 6) is 0.610. The minimum atomic E-state index is -2.56. The first-order valence-corrected chi connectivity index (χ1v) is 8.09. The molecule has 0 amide bonds. The van der Waals surface area contributed by atoms with E-state index in [4.69, 9.17) is 13.7 Å². The minimum absolute atomic E-state index is 0.161. The predicted molar refractivity (Wildman–Crippen MR) is 77.7 cm³/mol. The van der Waals surface area contributed by atoms with Crippen LogP contribution in [0.15, 0.2) is 30.3 Å². The van der Waals surface area contributed by atoms with Gasteiger partial charge in [0.1, 0.15) is 0 Å². The zero-order valence-electron chi connectivity index (χ0n) is 12.3. The van der Waals surface area contributed by atoms with Crippen molar-refractivity contribution in [2.45, 2.75) is 39.3 Å². The van der Waals surface area contributed by atoms with E-state index in [-0.39, 0.29) is 6.10 Å². The van der Waals surface area contributed by atoms with Crippen LogP contribution in [0.1, 0.15) is 25.8 Å². The predicted octanol–water partition coefficient (Wildman–Crippen LogP) is 2.40. The summed E-state index contributed by atoms with van der Waals surface area (Å²) < 4.78 is 37.4. The third kappa shape index (κ3) is 5.16. The van der Waals surface area contributed by atoms with Crippen molar-refractivity contribution < 1.29 is 22.4 Å². The quantitative estimate of drug-likeness (QED) is 0.754. The van der Waals surface area contributed by atoms with Crippen LogP contribution in [0.2, 0.25) is 0 Å². The van der Waals surface area contributed by atoms with E-state index in [0.717, 1.165) is 5.56 Å². The van der Waals surface area contributed by atoms with Gasteiger partial charge in [0.15, 0.2) is 6.29 Å². The van der Waals surface area contributed by atoms with Crippen molar-refractivity contribution in [1.29, 1.82) is 0 Å². The molecule has 1 aromatic rings. The molecule has 5 nitrogen and oxygen atoms in total. The third-order valence-electron chi connectivity index (χ3n) is 3.95. The van der Waals surface area contributed by atoms with Crippen molar-refractivity contribution in [3.8, 4) is 0 Å². The SMILES string of the molecule is C[C@@H]1C[C@@H](OS(=O)[O-])OC(COCc2ccccc2)[C@H]1C. The molecule has 0 radical (unpaired) electrons. The monoisotopic (exact) mass is 313 g/mol. The summed E-state index contributed by atoms with van der Waals surface area (Å²) in [6.45, 7) is 5.10. The molecule has 0 aromatic heterocycles. The normalized spacial score (nSPS) is 31.0. The number of hydrogen-bond donors (Lipinski definition) is 0. The Morgan fingerprint density at radius 1 is 1.33 bits per heavy atom. The van der Waals surface area contributed by atoms with Crippen molar-refractivity contribution in [3.63, 3.8) is 0 Å². The second kappa shape index (κ2) is 8.00. The van der Waals surface area contributed by atoms with Gasteiger partial charge < -0.3 is 14.0 Å². The molecule has 1 saturated heterocycles. The maximum atomic E-state index is 10.6. The summed E-state index contributed by atoms with van der Waals surface area (Å²) in [6.07, 6.45) is -0.296. The van der Waals surface area contributed by atoms with Gasteiger partial charge in [0, 0.05) is 6.42 Å². The average molecular weight is 313 g/mol. The lowest BCUT2D eigenvalue weighted by Crippen LogP contribution is -2.42. The summed E-state index contributed by atoms with van der Waals surface area (Å²) in [4.78, 5) is 0. The van der Waals surface area contributed by atoms with Crippen molar-refractivity contribution in [1.82, 2.24) is 0 Å². The Kier molecular flexibility index (Phi) is 6.32. The lowest BCUT2D eigenvalue weighted by Gasteiger charge is -2.38. The van der Waals surface area contributed by atoms with Gasteiger partial charge in [-0.05, 0) is 17.4 Å². The molecule has 118 valence electrons. The molecule has 0 aliphatic carbocycles. The Balaban J connectivity index is 1.83. The summed E-state index contributed by atoms with van der Waals surface area (Å²) in [5.41, 5.74) is 1.10. The summed E-state index contributed by atoms with van der Waals surface area (Å²) in [7, 11) is 0. The maximum absolute atomic E-state index is 10.6. The minimum Gasteiger partial charge on any atom is -0.750 e. The van der Waals surface area contributed by atoms with Crippen molar-refractivity contribution in [3.05, 3.63) is 35.9 Å². The zero-order valence-corrected chi connectivity index (χ0v) is 13.1. The standard InChI is InChI=1S/C15H22O5S/c1-11-8-15(20-21(16)17)19-14(12(11)2)10-18-9-13-6-4-3-5-7-13/h3-7,11-12,14-15H,8-10H2,1-2H3,(H,16,17)/p-1/t11-,12+,14?,15-/m1/s1. The second-order valence-electron chi connectivity index (χ2n) is 5.48. The Bertz CT molecular complexity index is 453. The number of benzene rings is 1.